The molecule has 26 N–H and O–H groups in total. The first-order valence-corrected chi connectivity index (χ1v) is 29.9. The number of aliphatic hydroxyl groups excluding tert-OH is 2. The van der Waals surface area contributed by atoms with Crippen molar-refractivity contribution in [3.8, 4) is 5.75 Å². The number of aliphatic carboxylic acids is 4. The first kappa shape index (κ1) is 78.6. The molecule has 0 radical (unpaired) electrons. The zero-order valence-corrected chi connectivity index (χ0v) is 52.4. The summed E-state index contributed by atoms with van der Waals surface area (Å²) in [7, 11) is 0. The van der Waals surface area contributed by atoms with Crippen LogP contribution in [-0.4, -0.2) is 222 Å². The lowest BCUT2D eigenvalue weighted by atomic mass is 10.0. The van der Waals surface area contributed by atoms with Crippen LogP contribution >= 0.6 is 0 Å². The van der Waals surface area contributed by atoms with Crippen LogP contribution < -0.4 is 75.7 Å². The van der Waals surface area contributed by atoms with Crippen molar-refractivity contribution in [1.82, 2.24) is 63.5 Å². The number of aromatic nitrogens is 1. The highest BCUT2D eigenvalue weighted by atomic mass is 16.4. The standard InChI is InChI=1S/C60H78N16O22/c1-28(78)49(76-57(95)43(27-77)75-50(88)34(61)18-29-8-3-2-4-9-29)58(96)74-37(19-30-13-15-32(79)16-14-30)53(91)73-40(23-47(84)85)55(93)69-36(12-7-17-65-60(63)64)52(90)72-41(24-48(86)87)56(94)70-38(21-44(62)80)54(92)71-39(22-46(82)83)51(89)67-26-45(81)68-42(59(97)98)20-31-25-66-35-11-6-5-10-33(31)35/h2-6,8-11,13-16,25,28,34,36-43,49,66,77-79H,7,12,17-24,26-27,61H2,1H3,(H2,62,80)(H,67,89)(H,68,81)(H,69,93)(H,70,94)(H,71,92)(H,72,90)(H,73,91)(H,74,96)(H,75,88)(H,76,95)(H,82,83)(H,84,85)(H,86,87)(H,97,98)(H4,63,64,65)/t28-,34+,36+,37+,38+,39+,40+,41+,42+,43+,49+/m1/s1. The van der Waals surface area contributed by atoms with Gasteiger partial charge in [-0.15, -0.1) is 0 Å². The Morgan fingerprint density at radius 2 is 0.969 bits per heavy atom. The number of nitrogens with one attached hydrogen (secondary N) is 13. The number of aliphatic hydroxyl groups is 2. The molecule has 38 nitrogen and oxygen atoms in total. The van der Waals surface area contributed by atoms with Crippen LogP contribution in [0.1, 0.15) is 62.1 Å². The minimum absolute atomic E-state index is 0.0174. The van der Waals surface area contributed by atoms with E-state index in [4.69, 9.17) is 22.6 Å². The number of aromatic amines is 1. The number of benzene rings is 3. The minimum atomic E-state index is -2.27. The van der Waals surface area contributed by atoms with Crippen LogP contribution in [0.4, 0.5) is 0 Å². The zero-order chi connectivity index (χ0) is 72.9. The number of H-pyrrole nitrogens is 1. The van der Waals surface area contributed by atoms with Gasteiger partial charge in [0, 0.05) is 36.5 Å². The Morgan fingerprint density at radius 1 is 0.500 bits per heavy atom. The van der Waals surface area contributed by atoms with Crippen LogP contribution in [0.25, 0.3) is 10.9 Å². The second-order valence-corrected chi connectivity index (χ2v) is 22.2. The van der Waals surface area contributed by atoms with Crippen LogP contribution in [0.3, 0.4) is 0 Å². The molecular weight excluding hydrogens is 1300 g/mol. The Labute approximate surface area is 556 Å². The summed E-state index contributed by atoms with van der Waals surface area (Å²) in [5.41, 5.74) is 18.8. The van der Waals surface area contributed by atoms with Gasteiger partial charge in [0.25, 0.3) is 0 Å². The number of phenolic OH excluding ortho intramolecular Hbond substituents is 1. The molecule has 1 heterocycles. The van der Waals surface area contributed by atoms with Crippen molar-refractivity contribution in [3.05, 3.63) is 102 Å². The summed E-state index contributed by atoms with van der Waals surface area (Å²) in [6.45, 7) is -1.17. The molecule has 1 aromatic heterocycles. The van der Waals surface area contributed by atoms with E-state index in [0.717, 1.165) is 6.92 Å². The van der Waals surface area contributed by atoms with Crippen molar-refractivity contribution in [2.24, 2.45) is 17.2 Å². The molecule has 0 aliphatic rings. The second-order valence-electron chi connectivity index (χ2n) is 22.2. The van der Waals surface area contributed by atoms with E-state index in [0.29, 0.717) is 22.0 Å². The van der Waals surface area contributed by atoms with E-state index in [-0.39, 0.29) is 37.1 Å². The zero-order valence-electron chi connectivity index (χ0n) is 52.4. The summed E-state index contributed by atoms with van der Waals surface area (Å²) in [6, 6.07) is 1.28. The van der Waals surface area contributed by atoms with Crippen molar-refractivity contribution in [3.63, 3.8) is 0 Å². The maximum absolute atomic E-state index is 14.3. The molecule has 11 amide bonds. The lowest BCUT2D eigenvalue weighted by molar-refractivity contribution is -0.143. The number of carboxylic acid groups (broad SMARTS) is 4. The van der Waals surface area contributed by atoms with Gasteiger partial charge in [0.05, 0.1) is 51.0 Å². The number of hydrogen-bond acceptors (Lipinski definition) is 20. The Bertz CT molecular complexity index is 3550. The normalized spacial score (nSPS) is 14.3. The number of nitrogens with two attached hydrogens (primary N) is 3. The summed E-state index contributed by atoms with van der Waals surface area (Å²) in [6.07, 6.45) is -6.67. The topological polar surface area (TPSA) is 648 Å². The number of carbonyl (C=O) groups is 15. The summed E-state index contributed by atoms with van der Waals surface area (Å²) >= 11 is 0. The van der Waals surface area contributed by atoms with Crippen molar-refractivity contribution in [1.29, 1.82) is 5.41 Å². The van der Waals surface area contributed by atoms with Gasteiger partial charge in [0.2, 0.25) is 65.0 Å². The summed E-state index contributed by atoms with van der Waals surface area (Å²) in [4.78, 5) is 201. The quantitative estimate of drug-likeness (QED) is 0.0112. The van der Waals surface area contributed by atoms with E-state index in [1.54, 1.807) is 54.6 Å². The first-order chi connectivity index (χ1) is 46.2. The van der Waals surface area contributed by atoms with Gasteiger partial charge < -0.3 is 116 Å². The van der Waals surface area contributed by atoms with E-state index in [1.165, 1.54) is 30.5 Å². The minimum Gasteiger partial charge on any atom is -0.508 e. The Morgan fingerprint density at radius 3 is 1.49 bits per heavy atom. The fourth-order valence-corrected chi connectivity index (χ4v) is 9.41. The predicted molar refractivity (Wildman–Crippen MR) is 338 cm³/mol. The van der Waals surface area contributed by atoms with Crippen molar-refractivity contribution in [2.45, 2.75) is 131 Å². The van der Waals surface area contributed by atoms with Gasteiger partial charge in [-0.25, -0.2) is 4.79 Å². The van der Waals surface area contributed by atoms with Crippen molar-refractivity contribution in [2.75, 3.05) is 19.7 Å². The van der Waals surface area contributed by atoms with Crippen LogP contribution in [-0.2, 0) is 91.2 Å². The molecule has 4 aromatic rings. The predicted octanol–water partition coefficient (Wildman–Crippen LogP) is -7.27. The number of para-hydroxylation sites is 1. The molecule has 0 saturated heterocycles. The average Bonchev–Trinajstić information content (AvgIpc) is 1.61. The Balaban J connectivity index is 1.55. The highest BCUT2D eigenvalue weighted by Crippen LogP contribution is 2.20. The molecule has 0 saturated carbocycles. The maximum atomic E-state index is 14.3. The van der Waals surface area contributed by atoms with Crippen molar-refractivity contribution < 1.29 is 108 Å². The highest BCUT2D eigenvalue weighted by Gasteiger charge is 2.38. The molecule has 0 bridgehead atoms. The number of carboxylic acids is 4. The number of carbonyl (C=O) groups excluding carboxylic acids is 11. The molecule has 38 heteroatoms. The van der Waals surface area contributed by atoms with Crippen molar-refractivity contribution >= 4 is 106 Å². The summed E-state index contributed by atoms with van der Waals surface area (Å²) in [5, 5.41) is 102. The van der Waals surface area contributed by atoms with Crippen LogP contribution in [0.5, 0.6) is 5.75 Å². The van der Waals surface area contributed by atoms with E-state index in [9.17, 15) is 108 Å². The molecule has 0 fully saturated rings. The Hall–Kier alpha value is -11.8. The number of aromatic hydroxyl groups is 1. The van der Waals surface area contributed by atoms with Crippen LogP contribution in [0.2, 0.25) is 0 Å². The SMILES string of the molecule is C[C@@H](O)[C@H](NC(=O)[C@H](CO)NC(=O)[C@@H](N)Cc1ccccc1)C(=O)N[C@@H](Cc1ccc(O)cc1)C(=O)N[C@@H](CC(=O)O)C(=O)N[C@@H](CCCNC(=N)N)C(=O)N[C@@H](CC(=O)O)C(=O)N[C@@H](CC(N)=O)C(=O)N[C@@H](CC(=O)O)C(=O)NCC(=O)N[C@@H](Cc1c[nH]c2ccccc12)C(=O)O. The van der Waals surface area contributed by atoms with E-state index >= 15 is 0 Å². The monoisotopic (exact) mass is 1370 g/mol. The fourth-order valence-electron chi connectivity index (χ4n) is 9.41. The fraction of sp³-hybridized carbons (Fsp3) is 0.400. The lowest BCUT2D eigenvalue weighted by Crippen LogP contribution is -2.62. The number of guanidine groups is 1. The van der Waals surface area contributed by atoms with Gasteiger partial charge in [-0.1, -0.05) is 60.7 Å². The van der Waals surface area contributed by atoms with E-state index < -0.39 is 213 Å². The number of primary amides is 1. The third-order valence-corrected chi connectivity index (χ3v) is 14.4. The maximum Gasteiger partial charge on any atom is 0.326 e. The number of fused-ring (bicyclic) bond motifs is 1. The number of hydrogen-bond donors (Lipinski definition) is 23. The van der Waals surface area contributed by atoms with Gasteiger partial charge in [-0.2, -0.15) is 0 Å². The largest absolute Gasteiger partial charge is 0.508 e. The number of phenols is 1. The molecule has 0 aliphatic heterocycles. The molecule has 0 unspecified atom stereocenters. The number of rotatable bonds is 41. The first-order valence-electron chi connectivity index (χ1n) is 29.9. The van der Waals surface area contributed by atoms with Gasteiger partial charge in [0.1, 0.15) is 60.1 Å². The summed E-state index contributed by atoms with van der Waals surface area (Å²) in [5.74, 6) is -22.0. The summed E-state index contributed by atoms with van der Waals surface area (Å²) < 4.78 is 0. The molecular formula is C60H78N16O22. The molecule has 98 heavy (non-hydrogen) atoms. The molecule has 4 rings (SSSR count). The van der Waals surface area contributed by atoms with Gasteiger partial charge >= 0.3 is 23.9 Å². The molecule has 3 aromatic carbocycles. The van der Waals surface area contributed by atoms with Gasteiger partial charge in [-0.3, -0.25) is 72.5 Å². The highest BCUT2D eigenvalue weighted by molar-refractivity contribution is 6.01. The third kappa shape index (κ3) is 26.5. The van der Waals surface area contributed by atoms with Crippen LogP contribution in [0.15, 0.2) is 85.1 Å². The third-order valence-electron chi connectivity index (χ3n) is 14.4. The Kier molecular flexibility index (Phi) is 30.9. The smallest absolute Gasteiger partial charge is 0.326 e. The second kappa shape index (κ2) is 38.5. The molecule has 0 spiro atoms. The molecule has 11 atom stereocenters. The van der Waals surface area contributed by atoms with E-state index in [2.05, 4.69) is 52.8 Å². The lowest BCUT2D eigenvalue weighted by Gasteiger charge is -2.28. The number of amides is 11. The van der Waals surface area contributed by atoms with Gasteiger partial charge in [-0.05, 0) is 61.1 Å². The van der Waals surface area contributed by atoms with E-state index in [1.807, 2.05) is 10.6 Å². The van der Waals surface area contributed by atoms with Crippen LogP contribution in [0, 0.1) is 5.41 Å². The average molecular weight is 1380 g/mol. The molecule has 530 valence electrons. The van der Waals surface area contributed by atoms with Gasteiger partial charge in [0.15, 0.2) is 5.96 Å². The molecule has 0 aliphatic carbocycles.